The number of halogens is 1. The van der Waals surface area contributed by atoms with Crippen LogP contribution < -0.4 is 14.8 Å². The lowest BCUT2D eigenvalue weighted by Gasteiger charge is -2.26. The lowest BCUT2D eigenvalue weighted by atomic mass is 9.87. The zero-order valence-electron chi connectivity index (χ0n) is 14.2. The van der Waals surface area contributed by atoms with Crippen molar-refractivity contribution < 1.29 is 13.9 Å². The maximum absolute atomic E-state index is 14.2. The molecule has 4 nitrogen and oxygen atoms in total. The minimum Gasteiger partial charge on any atom is -0.493 e. The first-order valence-electron chi connectivity index (χ1n) is 7.32. The normalized spacial score (nSPS) is 14.1. The number of nitrogens with zero attached hydrogens (tertiary/aromatic N) is 1. The predicted octanol–water partition coefficient (Wildman–Crippen LogP) is 3.82. The lowest BCUT2D eigenvalue weighted by molar-refractivity contribution is 0.339. The SMILES string of the molecule is COc1cc(F)c([C@@H](C)N[C@H](C)CC(C)(C)C#N)cc1OC. The van der Waals surface area contributed by atoms with Crippen molar-refractivity contribution in [2.45, 2.75) is 46.2 Å². The Bertz CT molecular complexity index is 552. The maximum atomic E-state index is 14.2. The summed E-state index contributed by atoms with van der Waals surface area (Å²) in [6, 6.07) is 5.13. The number of nitriles is 1. The topological polar surface area (TPSA) is 54.3 Å². The van der Waals surface area contributed by atoms with Crippen LogP contribution in [0.4, 0.5) is 4.39 Å². The van der Waals surface area contributed by atoms with E-state index in [4.69, 9.17) is 14.7 Å². The minimum absolute atomic E-state index is 0.0807. The molecule has 0 saturated carbocycles. The highest BCUT2D eigenvalue weighted by atomic mass is 19.1. The van der Waals surface area contributed by atoms with Crippen LogP contribution >= 0.6 is 0 Å². The zero-order valence-corrected chi connectivity index (χ0v) is 14.2. The molecular weight excluding hydrogens is 283 g/mol. The van der Waals surface area contributed by atoms with Gasteiger partial charge in [-0.2, -0.15) is 5.26 Å². The number of nitrogens with one attached hydrogen (secondary N) is 1. The third-order valence-corrected chi connectivity index (χ3v) is 3.62. The van der Waals surface area contributed by atoms with Gasteiger partial charge in [0.15, 0.2) is 11.5 Å². The molecule has 122 valence electrons. The van der Waals surface area contributed by atoms with Crippen LogP contribution in [0.15, 0.2) is 12.1 Å². The van der Waals surface area contributed by atoms with E-state index in [1.54, 1.807) is 6.07 Å². The Morgan fingerprint density at radius 3 is 2.27 bits per heavy atom. The van der Waals surface area contributed by atoms with Crippen LogP contribution in [-0.4, -0.2) is 20.3 Å². The van der Waals surface area contributed by atoms with Gasteiger partial charge in [0, 0.05) is 23.7 Å². The smallest absolute Gasteiger partial charge is 0.163 e. The second kappa shape index (κ2) is 7.46. The van der Waals surface area contributed by atoms with Gasteiger partial charge in [0.2, 0.25) is 0 Å². The molecule has 0 aliphatic heterocycles. The van der Waals surface area contributed by atoms with Gasteiger partial charge in [0.05, 0.1) is 25.7 Å². The molecule has 1 N–H and O–H groups in total. The van der Waals surface area contributed by atoms with E-state index in [-0.39, 0.29) is 17.9 Å². The van der Waals surface area contributed by atoms with E-state index in [1.165, 1.54) is 20.3 Å². The number of ether oxygens (including phenoxy) is 2. The molecule has 1 rings (SSSR count). The van der Waals surface area contributed by atoms with Crippen LogP contribution in [0.3, 0.4) is 0 Å². The molecule has 1 aromatic carbocycles. The molecule has 1 aromatic rings. The van der Waals surface area contributed by atoms with Crippen LogP contribution in [0.2, 0.25) is 0 Å². The molecule has 0 spiro atoms. The van der Waals surface area contributed by atoms with E-state index in [9.17, 15) is 4.39 Å². The summed E-state index contributed by atoms with van der Waals surface area (Å²) in [7, 11) is 3.00. The van der Waals surface area contributed by atoms with Gasteiger partial charge in [-0.1, -0.05) is 0 Å². The Hall–Kier alpha value is -1.80. The third kappa shape index (κ3) is 4.60. The fourth-order valence-corrected chi connectivity index (χ4v) is 2.59. The average Bonchev–Trinajstić information content (AvgIpc) is 2.45. The molecule has 0 amide bonds. The second-order valence-corrected chi connectivity index (χ2v) is 6.22. The average molecular weight is 308 g/mol. The van der Waals surface area contributed by atoms with E-state index in [0.717, 1.165) is 0 Å². The van der Waals surface area contributed by atoms with Crippen molar-refractivity contribution in [1.29, 1.82) is 5.26 Å². The summed E-state index contributed by atoms with van der Waals surface area (Å²) in [6.45, 7) is 7.67. The fraction of sp³-hybridized carbons (Fsp3) is 0.588. The number of hydrogen-bond donors (Lipinski definition) is 1. The van der Waals surface area contributed by atoms with Crippen molar-refractivity contribution in [3.05, 3.63) is 23.5 Å². The number of hydrogen-bond acceptors (Lipinski definition) is 4. The van der Waals surface area contributed by atoms with E-state index in [1.807, 2.05) is 27.7 Å². The summed E-state index contributed by atoms with van der Waals surface area (Å²) < 4.78 is 24.5. The van der Waals surface area contributed by atoms with E-state index in [2.05, 4.69) is 11.4 Å². The minimum atomic E-state index is -0.414. The van der Waals surface area contributed by atoms with Crippen LogP contribution in [0, 0.1) is 22.6 Å². The molecule has 0 bridgehead atoms. The molecule has 0 aliphatic rings. The molecule has 0 unspecified atom stereocenters. The highest BCUT2D eigenvalue weighted by Gasteiger charge is 2.23. The van der Waals surface area contributed by atoms with Gasteiger partial charge in [-0.15, -0.1) is 0 Å². The van der Waals surface area contributed by atoms with Gasteiger partial charge in [0.1, 0.15) is 5.82 Å². The first kappa shape index (κ1) is 18.2. The van der Waals surface area contributed by atoms with Crippen LogP contribution in [0.1, 0.15) is 45.7 Å². The number of rotatable bonds is 7. The molecule has 0 saturated heterocycles. The fourth-order valence-electron chi connectivity index (χ4n) is 2.59. The Morgan fingerprint density at radius 2 is 1.77 bits per heavy atom. The van der Waals surface area contributed by atoms with Crippen molar-refractivity contribution in [3.63, 3.8) is 0 Å². The third-order valence-electron chi connectivity index (χ3n) is 3.62. The van der Waals surface area contributed by atoms with Crippen LogP contribution in [0.5, 0.6) is 11.5 Å². The number of benzene rings is 1. The van der Waals surface area contributed by atoms with Gasteiger partial charge in [-0.05, 0) is 40.2 Å². The first-order valence-corrected chi connectivity index (χ1v) is 7.32. The number of methoxy groups -OCH3 is 2. The van der Waals surface area contributed by atoms with Gasteiger partial charge in [-0.25, -0.2) is 4.39 Å². The Labute approximate surface area is 132 Å². The van der Waals surface area contributed by atoms with Crippen molar-refractivity contribution in [2.75, 3.05) is 14.2 Å². The molecule has 0 heterocycles. The Morgan fingerprint density at radius 1 is 1.23 bits per heavy atom. The van der Waals surface area contributed by atoms with Crippen molar-refractivity contribution >= 4 is 0 Å². The van der Waals surface area contributed by atoms with Gasteiger partial charge < -0.3 is 14.8 Å². The summed E-state index contributed by atoms with van der Waals surface area (Å²) in [6.07, 6.45) is 0.683. The summed E-state index contributed by atoms with van der Waals surface area (Å²) >= 11 is 0. The van der Waals surface area contributed by atoms with E-state index < -0.39 is 5.41 Å². The maximum Gasteiger partial charge on any atom is 0.163 e. The predicted molar refractivity (Wildman–Crippen MR) is 84.5 cm³/mol. The van der Waals surface area contributed by atoms with Crippen molar-refractivity contribution in [2.24, 2.45) is 5.41 Å². The van der Waals surface area contributed by atoms with Crippen LogP contribution in [0.25, 0.3) is 0 Å². The Balaban J connectivity index is 2.90. The summed E-state index contributed by atoms with van der Waals surface area (Å²) in [5, 5.41) is 12.4. The van der Waals surface area contributed by atoms with Crippen molar-refractivity contribution in [1.82, 2.24) is 5.32 Å². The lowest BCUT2D eigenvalue weighted by Crippen LogP contribution is -2.33. The zero-order chi connectivity index (χ0) is 16.9. The molecule has 0 fully saturated rings. The van der Waals surface area contributed by atoms with Gasteiger partial charge >= 0.3 is 0 Å². The quantitative estimate of drug-likeness (QED) is 0.832. The van der Waals surface area contributed by atoms with E-state index in [0.29, 0.717) is 23.5 Å². The molecule has 2 atom stereocenters. The van der Waals surface area contributed by atoms with Crippen molar-refractivity contribution in [3.8, 4) is 17.6 Å². The summed E-state index contributed by atoms with van der Waals surface area (Å²) in [5.41, 5.74) is 0.0988. The molecular formula is C17H25FN2O2. The first-order chi connectivity index (χ1) is 10.2. The molecule has 0 radical (unpaired) electrons. The standard InChI is InChI=1S/C17H25FN2O2/c1-11(9-17(3,4)10-19)20-12(2)13-7-15(21-5)16(22-6)8-14(13)18/h7-8,11-12,20H,9H2,1-6H3/t11-,12-/m1/s1. The van der Waals surface area contributed by atoms with Gasteiger partial charge in [-0.3, -0.25) is 0 Å². The summed E-state index contributed by atoms with van der Waals surface area (Å²) in [5.74, 6) is 0.525. The summed E-state index contributed by atoms with van der Waals surface area (Å²) in [4.78, 5) is 0. The highest BCUT2D eigenvalue weighted by Crippen LogP contribution is 2.33. The molecule has 0 aromatic heterocycles. The second-order valence-electron chi connectivity index (χ2n) is 6.22. The molecule has 22 heavy (non-hydrogen) atoms. The Kier molecular flexibility index (Phi) is 6.19. The molecule has 5 heteroatoms. The van der Waals surface area contributed by atoms with Gasteiger partial charge in [0.25, 0.3) is 0 Å². The highest BCUT2D eigenvalue weighted by molar-refractivity contribution is 5.44. The largest absolute Gasteiger partial charge is 0.493 e. The molecule has 0 aliphatic carbocycles. The monoisotopic (exact) mass is 308 g/mol. The van der Waals surface area contributed by atoms with Crippen LogP contribution in [-0.2, 0) is 0 Å². The van der Waals surface area contributed by atoms with E-state index >= 15 is 0 Å².